The van der Waals surface area contributed by atoms with E-state index < -0.39 is 0 Å². The Kier molecular flexibility index (Phi) is 4.65. The van der Waals surface area contributed by atoms with E-state index in [0.717, 1.165) is 17.9 Å². The third kappa shape index (κ3) is 3.61. The van der Waals surface area contributed by atoms with Gasteiger partial charge >= 0.3 is 0 Å². The first kappa shape index (κ1) is 11.5. The molecule has 80 valence electrons. The summed E-state index contributed by atoms with van der Waals surface area (Å²) in [5.41, 5.74) is 2.35. The third-order valence-electron chi connectivity index (χ3n) is 2.16. The lowest BCUT2D eigenvalue weighted by Gasteiger charge is -2.09. The van der Waals surface area contributed by atoms with Crippen LogP contribution in [0.1, 0.15) is 17.5 Å². The van der Waals surface area contributed by atoms with Crippen molar-refractivity contribution in [1.29, 1.82) is 5.26 Å². The molecule has 0 saturated heterocycles. The zero-order valence-electron chi connectivity index (χ0n) is 9.21. The first-order chi connectivity index (χ1) is 7.27. The minimum absolute atomic E-state index is 0.536. The Morgan fingerprint density at radius 3 is 2.93 bits per heavy atom. The van der Waals surface area contributed by atoms with Crippen molar-refractivity contribution < 1.29 is 4.74 Å². The molecule has 15 heavy (non-hydrogen) atoms. The van der Waals surface area contributed by atoms with Crippen molar-refractivity contribution >= 4 is 0 Å². The van der Waals surface area contributed by atoms with Gasteiger partial charge in [-0.1, -0.05) is 17.7 Å². The van der Waals surface area contributed by atoms with Crippen molar-refractivity contribution in [2.45, 2.75) is 19.9 Å². The Morgan fingerprint density at radius 2 is 2.27 bits per heavy atom. The topological polar surface area (TPSA) is 45.0 Å². The Hall–Kier alpha value is -1.53. The van der Waals surface area contributed by atoms with Gasteiger partial charge in [0.25, 0.3) is 0 Å². The fourth-order valence-corrected chi connectivity index (χ4v) is 1.41. The minimum atomic E-state index is 0.536. The summed E-state index contributed by atoms with van der Waals surface area (Å²) >= 11 is 0. The van der Waals surface area contributed by atoms with Crippen LogP contribution in [-0.4, -0.2) is 13.7 Å². The van der Waals surface area contributed by atoms with E-state index in [2.05, 4.69) is 24.4 Å². The van der Waals surface area contributed by atoms with Crippen molar-refractivity contribution in [3.05, 3.63) is 29.3 Å². The highest BCUT2D eigenvalue weighted by Crippen LogP contribution is 2.19. The number of rotatable bonds is 5. The van der Waals surface area contributed by atoms with Crippen molar-refractivity contribution in [3.8, 4) is 11.8 Å². The summed E-state index contributed by atoms with van der Waals surface area (Å²) in [4.78, 5) is 0. The molecule has 0 heterocycles. The lowest BCUT2D eigenvalue weighted by atomic mass is 10.1. The van der Waals surface area contributed by atoms with Gasteiger partial charge in [0.2, 0.25) is 0 Å². The largest absolute Gasteiger partial charge is 0.496 e. The minimum Gasteiger partial charge on any atom is -0.496 e. The van der Waals surface area contributed by atoms with Gasteiger partial charge in [0, 0.05) is 25.1 Å². The first-order valence-corrected chi connectivity index (χ1v) is 4.99. The average Bonchev–Trinajstić information content (AvgIpc) is 2.25. The van der Waals surface area contributed by atoms with Gasteiger partial charge in [-0.05, 0) is 13.0 Å². The zero-order valence-corrected chi connectivity index (χ0v) is 9.21. The lowest BCUT2D eigenvalue weighted by Crippen LogP contribution is -2.14. The Bertz CT molecular complexity index is 355. The lowest BCUT2D eigenvalue weighted by molar-refractivity contribution is 0.407. The fraction of sp³-hybridized carbons (Fsp3) is 0.417. The number of nitrogens with one attached hydrogen (secondary N) is 1. The highest BCUT2D eigenvalue weighted by molar-refractivity contribution is 5.36. The molecule has 0 bridgehead atoms. The quantitative estimate of drug-likeness (QED) is 0.746. The zero-order chi connectivity index (χ0) is 11.1. The fourth-order valence-electron chi connectivity index (χ4n) is 1.41. The molecule has 0 aliphatic carbocycles. The first-order valence-electron chi connectivity index (χ1n) is 4.99. The second-order valence-corrected chi connectivity index (χ2v) is 3.40. The molecule has 1 N–H and O–H groups in total. The predicted molar refractivity (Wildman–Crippen MR) is 59.7 cm³/mol. The van der Waals surface area contributed by atoms with Gasteiger partial charge in [0.1, 0.15) is 5.75 Å². The molecular formula is C12H16N2O. The Balaban J connectivity index is 2.58. The number of benzene rings is 1. The van der Waals surface area contributed by atoms with Crippen LogP contribution in [0.15, 0.2) is 18.2 Å². The highest BCUT2D eigenvalue weighted by Gasteiger charge is 2.01. The second-order valence-electron chi connectivity index (χ2n) is 3.40. The number of hydrogen-bond donors (Lipinski definition) is 1. The van der Waals surface area contributed by atoms with E-state index >= 15 is 0 Å². The molecule has 0 aromatic heterocycles. The maximum Gasteiger partial charge on any atom is 0.123 e. The number of methoxy groups -OCH3 is 1. The highest BCUT2D eigenvalue weighted by atomic mass is 16.5. The van der Waals surface area contributed by atoms with Crippen molar-refractivity contribution in [2.24, 2.45) is 0 Å². The molecule has 0 aliphatic heterocycles. The molecule has 0 spiro atoms. The normalized spacial score (nSPS) is 9.67. The summed E-state index contributed by atoms with van der Waals surface area (Å²) in [6, 6.07) is 8.19. The maximum atomic E-state index is 8.39. The summed E-state index contributed by atoms with van der Waals surface area (Å²) in [6.45, 7) is 3.51. The molecule has 0 unspecified atom stereocenters. The number of nitriles is 1. The van der Waals surface area contributed by atoms with Crippen LogP contribution < -0.4 is 10.1 Å². The van der Waals surface area contributed by atoms with Crippen LogP contribution in [0.2, 0.25) is 0 Å². The van der Waals surface area contributed by atoms with Gasteiger partial charge in [-0.3, -0.25) is 0 Å². The van der Waals surface area contributed by atoms with Crippen LogP contribution in [0.5, 0.6) is 5.75 Å². The number of nitrogens with zero attached hydrogens (tertiary/aromatic N) is 1. The molecule has 0 atom stereocenters. The predicted octanol–water partition coefficient (Wildman–Crippen LogP) is 2.01. The van der Waals surface area contributed by atoms with Crippen LogP contribution in [0, 0.1) is 18.3 Å². The van der Waals surface area contributed by atoms with E-state index in [1.54, 1.807) is 7.11 Å². The molecular weight excluding hydrogens is 188 g/mol. The standard InChI is InChI=1S/C12H16N2O/c1-10-4-5-12(15-2)11(8-10)9-14-7-3-6-13/h4-5,8,14H,3,7,9H2,1-2H3. The number of ether oxygens (including phenoxy) is 1. The van der Waals surface area contributed by atoms with Gasteiger partial charge in [-0.25, -0.2) is 0 Å². The SMILES string of the molecule is COc1ccc(C)cc1CNCCC#N. The van der Waals surface area contributed by atoms with Crippen LogP contribution >= 0.6 is 0 Å². The number of hydrogen-bond acceptors (Lipinski definition) is 3. The molecule has 0 fully saturated rings. The van der Waals surface area contributed by atoms with Crippen LogP contribution in [0.3, 0.4) is 0 Å². The van der Waals surface area contributed by atoms with Gasteiger partial charge in [-0.2, -0.15) is 5.26 Å². The Morgan fingerprint density at radius 1 is 1.47 bits per heavy atom. The molecule has 0 radical (unpaired) electrons. The van der Waals surface area contributed by atoms with E-state index in [-0.39, 0.29) is 0 Å². The summed E-state index contributed by atoms with van der Waals surface area (Å²) in [5, 5.41) is 11.6. The maximum absolute atomic E-state index is 8.39. The van der Waals surface area contributed by atoms with E-state index in [4.69, 9.17) is 10.00 Å². The van der Waals surface area contributed by atoms with Crippen molar-refractivity contribution in [3.63, 3.8) is 0 Å². The molecule has 0 aliphatic rings. The van der Waals surface area contributed by atoms with E-state index in [0.29, 0.717) is 13.0 Å². The van der Waals surface area contributed by atoms with E-state index in [1.165, 1.54) is 5.56 Å². The average molecular weight is 204 g/mol. The molecule has 3 heteroatoms. The van der Waals surface area contributed by atoms with E-state index in [9.17, 15) is 0 Å². The summed E-state index contributed by atoms with van der Waals surface area (Å²) < 4.78 is 5.25. The number of aryl methyl sites for hydroxylation is 1. The molecule has 3 nitrogen and oxygen atoms in total. The Labute approximate surface area is 90.7 Å². The molecule has 1 aromatic carbocycles. The van der Waals surface area contributed by atoms with Gasteiger partial charge in [-0.15, -0.1) is 0 Å². The summed E-state index contributed by atoms with van der Waals surface area (Å²) in [6.07, 6.45) is 0.536. The molecule has 1 rings (SSSR count). The van der Waals surface area contributed by atoms with Gasteiger partial charge in [0.05, 0.1) is 13.2 Å². The monoisotopic (exact) mass is 204 g/mol. The third-order valence-corrected chi connectivity index (χ3v) is 2.16. The van der Waals surface area contributed by atoms with Crippen LogP contribution in [-0.2, 0) is 6.54 Å². The van der Waals surface area contributed by atoms with Crippen LogP contribution in [0.4, 0.5) is 0 Å². The van der Waals surface area contributed by atoms with E-state index in [1.807, 2.05) is 12.1 Å². The summed E-state index contributed by atoms with van der Waals surface area (Å²) in [7, 11) is 1.67. The molecule has 0 amide bonds. The molecule has 0 saturated carbocycles. The van der Waals surface area contributed by atoms with Crippen molar-refractivity contribution in [1.82, 2.24) is 5.32 Å². The smallest absolute Gasteiger partial charge is 0.123 e. The van der Waals surface area contributed by atoms with Gasteiger partial charge < -0.3 is 10.1 Å². The second kappa shape index (κ2) is 6.05. The van der Waals surface area contributed by atoms with Gasteiger partial charge in [0.15, 0.2) is 0 Å². The molecule has 1 aromatic rings. The van der Waals surface area contributed by atoms with Crippen LogP contribution in [0.25, 0.3) is 0 Å². The van der Waals surface area contributed by atoms with Crippen molar-refractivity contribution in [2.75, 3.05) is 13.7 Å². The summed E-state index contributed by atoms with van der Waals surface area (Å²) in [5.74, 6) is 0.894.